The average molecular weight is 406 g/mol. The third-order valence-corrected chi connectivity index (χ3v) is 3.92. The molecule has 2 heterocycles. The van der Waals surface area contributed by atoms with Crippen molar-refractivity contribution in [3.8, 4) is 22.8 Å². The summed E-state index contributed by atoms with van der Waals surface area (Å²) < 4.78 is 61.9. The molecule has 0 saturated heterocycles. The fourth-order valence-electron chi connectivity index (χ4n) is 2.49. The molecule has 0 aliphatic carbocycles. The van der Waals surface area contributed by atoms with Gasteiger partial charge in [-0.25, -0.2) is 9.18 Å². The molecule has 0 aliphatic heterocycles. The summed E-state index contributed by atoms with van der Waals surface area (Å²) in [7, 11) is 0. The number of halogens is 4. The second kappa shape index (κ2) is 7.00. The molecule has 4 aromatic rings. The maximum Gasteiger partial charge on any atom is 0.437 e. The van der Waals surface area contributed by atoms with Crippen LogP contribution < -0.4 is 5.76 Å². The zero-order chi connectivity index (χ0) is 20.6. The van der Waals surface area contributed by atoms with Crippen molar-refractivity contribution in [1.82, 2.24) is 19.9 Å². The van der Waals surface area contributed by atoms with Gasteiger partial charge in [0.25, 0.3) is 0 Å². The van der Waals surface area contributed by atoms with Crippen LogP contribution in [-0.4, -0.2) is 19.9 Å². The highest BCUT2D eigenvalue weighted by atomic mass is 19.4. The van der Waals surface area contributed by atoms with Crippen molar-refractivity contribution in [2.45, 2.75) is 12.7 Å². The summed E-state index contributed by atoms with van der Waals surface area (Å²) in [5, 5.41) is 7.68. The van der Waals surface area contributed by atoms with Crippen LogP contribution in [0.2, 0.25) is 0 Å². The van der Waals surface area contributed by atoms with Gasteiger partial charge in [-0.3, -0.25) is 0 Å². The highest BCUT2D eigenvalue weighted by Crippen LogP contribution is 2.30. The SMILES string of the molecule is O=c1oc(-c2ccc(F)cc2)nn1Cc1nc(-c2ccc(C(F)(F)F)cc2)no1. The molecule has 29 heavy (non-hydrogen) atoms. The summed E-state index contributed by atoms with van der Waals surface area (Å²) in [5.74, 6) is -1.20. The molecule has 0 radical (unpaired) electrons. The Kier molecular flexibility index (Phi) is 4.49. The number of benzene rings is 2. The molecule has 148 valence electrons. The van der Waals surface area contributed by atoms with Gasteiger partial charge in [0.2, 0.25) is 17.6 Å². The van der Waals surface area contributed by atoms with Crippen LogP contribution in [0, 0.1) is 5.82 Å². The molecule has 0 unspecified atom stereocenters. The van der Waals surface area contributed by atoms with E-state index in [1.54, 1.807) is 0 Å². The molecule has 0 atom stereocenters. The van der Waals surface area contributed by atoms with Crippen LogP contribution >= 0.6 is 0 Å². The number of nitrogens with zero attached hydrogens (tertiary/aromatic N) is 4. The van der Waals surface area contributed by atoms with E-state index in [0.29, 0.717) is 11.1 Å². The Labute approximate surface area is 159 Å². The Hall–Kier alpha value is -3.76. The summed E-state index contributed by atoms with van der Waals surface area (Å²) >= 11 is 0. The predicted molar refractivity (Wildman–Crippen MR) is 90.0 cm³/mol. The quantitative estimate of drug-likeness (QED) is 0.480. The minimum Gasteiger partial charge on any atom is -0.388 e. The van der Waals surface area contributed by atoms with E-state index in [1.165, 1.54) is 36.4 Å². The smallest absolute Gasteiger partial charge is 0.388 e. The molecule has 0 bridgehead atoms. The number of rotatable bonds is 4. The average Bonchev–Trinajstić information content (AvgIpc) is 3.29. The molecule has 0 N–H and O–H groups in total. The van der Waals surface area contributed by atoms with Gasteiger partial charge >= 0.3 is 11.9 Å². The summed E-state index contributed by atoms with van der Waals surface area (Å²) in [6.07, 6.45) is -4.45. The van der Waals surface area contributed by atoms with Crippen LogP contribution in [0.3, 0.4) is 0 Å². The fourth-order valence-corrected chi connectivity index (χ4v) is 2.49. The molecule has 11 heteroatoms. The van der Waals surface area contributed by atoms with E-state index in [2.05, 4.69) is 15.2 Å². The Morgan fingerprint density at radius 3 is 2.28 bits per heavy atom. The standard InChI is InChI=1S/C18H10F4N4O3/c19-13-7-3-11(4-8-13)16-24-26(17(27)28-16)9-14-23-15(25-29-14)10-1-5-12(6-2-10)18(20,21)22/h1-8H,9H2. The normalized spacial score (nSPS) is 11.7. The zero-order valence-electron chi connectivity index (χ0n) is 14.4. The summed E-state index contributed by atoms with van der Waals surface area (Å²) in [6.45, 7) is -0.211. The zero-order valence-corrected chi connectivity index (χ0v) is 14.4. The topological polar surface area (TPSA) is 87.0 Å². The Morgan fingerprint density at radius 2 is 1.62 bits per heavy atom. The lowest BCUT2D eigenvalue weighted by Gasteiger charge is -2.05. The molecule has 7 nitrogen and oxygen atoms in total. The molecular formula is C18H10F4N4O3. The summed E-state index contributed by atoms with van der Waals surface area (Å²) in [6, 6.07) is 9.44. The van der Waals surface area contributed by atoms with Gasteiger partial charge in [-0.15, -0.1) is 5.10 Å². The van der Waals surface area contributed by atoms with Crippen molar-refractivity contribution in [1.29, 1.82) is 0 Å². The van der Waals surface area contributed by atoms with Crippen LogP contribution in [0.1, 0.15) is 11.5 Å². The second-order valence-electron chi connectivity index (χ2n) is 5.92. The Balaban J connectivity index is 1.54. The van der Waals surface area contributed by atoms with Crippen molar-refractivity contribution in [3.63, 3.8) is 0 Å². The number of hydrogen-bond acceptors (Lipinski definition) is 6. The van der Waals surface area contributed by atoms with Crippen molar-refractivity contribution in [2.75, 3.05) is 0 Å². The summed E-state index contributed by atoms with van der Waals surface area (Å²) in [5.41, 5.74) is -0.0850. The number of aromatic nitrogens is 4. The molecule has 0 amide bonds. The maximum absolute atomic E-state index is 13.0. The van der Waals surface area contributed by atoms with E-state index in [1.807, 2.05) is 0 Å². The van der Waals surface area contributed by atoms with Gasteiger partial charge in [0.05, 0.1) is 5.56 Å². The van der Waals surface area contributed by atoms with E-state index in [-0.39, 0.29) is 24.2 Å². The first-order valence-electron chi connectivity index (χ1n) is 8.14. The fraction of sp³-hybridized carbons (Fsp3) is 0.111. The highest BCUT2D eigenvalue weighted by Gasteiger charge is 2.30. The van der Waals surface area contributed by atoms with E-state index >= 15 is 0 Å². The molecule has 2 aromatic carbocycles. The van der Waals surface area contributed by atoms with Crippen LogP contribution in [0.15, 0.2) is 62.3 Å². The van der Waals surface area contributed by atoms with Crippen molar-refractivity contribution < 1.29 is 26.5 Å². The van der Waals surface area contributed by atoms with Crippen molar-refractivity contribution in [2.24, 2.45) is 0 Å². The highest BCUT2D eigenvalue weighted by molar-refractivity contribution is 5.55. The maximum atomic E-state index is 13.0. The van der Waals surface area contributed by atoms with Gasteiger partial charge in [-0.05, 0) is 36.4 Å². The van der Waals surface area contributed by atoms with Gasteiger partial charge in [0.1, 0.15) is 12.4 Å². The molecular weight excluding hydrogens is 396 g/mol. The predicted octanol–water partition coefficient (Wildman–Crippen LogP) is 3.76. The van der Waals surface area contributed by atoms with Crippen molar-refractivity contribution in [3.05, 3.63) is 76.4 Å². The third kappa shape index (κ3) is 3.93. The Morgan fingerprint density at radius 1 is 0.966 bits per heavy atom. The first kappa shape index (κ1) is 18.6. The lowest BCUT2D eigenvalue weighted by atomic mass is 10.1. The molecule has 0 spiro atoms. The molecule has 0 fully saturated rings. The monoisotopic (exact) mass is 406 g/mol. The van der Waals surface area contributed by atoms with Crippen LogP contribution in [0.4, 0.5) is 17.6 Å². The lowest BCUT2D eigenvalue weighted by Crippen LogP contribution is -2.16. The molecule has 2 aromatic heterocycles. The van der Waals surface area contributed by atoms with Crippen molar-refractivity contribution >= 4 is 0 Å². The van der Waals surface area contributed by atoms with E-state index in [9.17, 15) is 22.4 Å². The second-order valence-corrected chi connectivity index (χ2v) is 5.92. The first-order valence-corrected chi connectivity index (χ1v) is 8.14. The van der Waals surface area contributed by atoms with Gasteiger partial charge in [0.15, 0.2) is 0 Å². The molecule has 0 aliphatic rings. The minimum absolute atomic E-state index is 0.000883. The van der Waals surface area contributed by atoms with E-state index in [4.69, 9.17) is 8.94 Å². The van der Waals surface area contributed by atoms with Gasteiger partial charge < -0.3 is 8.94 Å². The first-order chi connectivity index (χ1) is 13.8. The van der Waals surface area contributed by atoms with Crippen LogP contribution in [0.5, 0.6) is 0 Å². The minimum atomic E-state index is -4.45. The summed E-state index contributed by atoms with van der Waals surface area (Å²) in [4.78, 5) is 16.0. The van der Waals surface area contributed by atoms with Gasteiger partial charge in [-0.2, -0.15) is 22.8 Å². The van der Waals surface area contributed by atoms with E-state index in [0.717, 1.165) is 16.8 Å². The third-order valence-electron chi connectivity index (χ3n) is 3.92. The molecule has 4 rings (SSSR count). The van der Waals surface area contributed by atoms with E-state index < -0.39 is 23.3 Å². The lowest BCUT2D eigenvalue weighted by molar-refractivity contribution is -0.137. The van der Waals surface area contributed by atoms with Crippen LogP contribution in [-0.2, 0) is 12.7 Å². The van der Waals surface area contributed by atoms with Gasteiger partial charge in [0, 0.05) is 11.1 Å². The van der Waals surface area contributed by atoms with Gasteiger partial charge in [-0.1, -0.05) is 17.3 Å². The van der Waals surface area contributed by atoms with Crippen LogP contribution in [0.25, 0.3) is 22.8 Å². The largest absolute Gasteiger partial charge is 0.437 e. The number of alkyl halides is 3. The Bertz CT molecular complexity index is 1190. The number of hydrogen-bond donors (Lipinski definition) is 0. The molecule has 0 saturated carbocycles.